The minimum absolute atomic E-state index is 0.0153. The summed E-state index contributed by atoms with van der Waals surface area (Å²) in [5.41, 5.74) is 3.22. The van der Waals surface area contributed by atoms with Gasteiger partial charge in [0.1, 0.15) is 22.1 Å². The highest BCUT2D eigenvalue weighted by Crippen LogP contribution is 2.25. The number of carbonyl (C=O) groups excluding carboxylic acids is 1. The van der Waals surface area contributed by atoms with E-state index in [1.54, 1.807) is 35.1 Å². The number of halogens is 1. The normalized spacial score (nSPS) is 17.0. The number of hydrogen-bond donors (Lipinski definition) is 2. The van der Waals surface area contributed by atoms with Crippen LogP contribution in [0.3, 0.4) is 0 Å². The van der Waals surface area contributed by atoms with Crippen molar-refractivity contribution in [3.63, 3.8) is 0 Å². The van der Waals surface area contributed by atoms with Crippen LogP contribution in [0.25, 0.3) is 0 Å². The van der Waals surface area contributed by atoms with Gasteiger partial charge in [0.05, 0.1) is 30.0 Å². The van der Waals surface area contributed by atoms with Gasteiger partial charge in [-0.05, 0) is 6.07 Å². The number of rotatable bonds is 3. The van der Waals surface area contributed by atoms with E-state index in [2.05, 4.69) is 9.97 Å². The minimum atomic E-state index is -0.298. The SMILES string of the molecule is N=C1C(=O)N(c2cncs2)C/C1=C/[NH2+]c1ccc(Cl)nc1. The van der Waals surface area contributed by atoms with Gasteiger partial charge >= 0.3 is 0 Å². The number of quaternary nitrogens is 1. The minimum Gasteiger partial charge on any atom is -0.295 e. The molecule has 8 heteroatoms. The Kier molecular flexibility index (Phi) is 3.78. The van der Waals surface area contributed by atoms with Crippen molar-refractivity contribution in [1.29, 1.82) is 5.41 Å². The van der Waals surface area contributed by atoms with Crippen LogP contribution in [0.15, 0.2) is 41.8 Å². The molecule has 3 N–H and O–H groups in total. The van der Waals surface area contributed by atoms with Gasteiger partial charge in [0.15, 0.2) is 5.69 Å². The predicted molar refractivity (Wildman–Crippen MR) is 81.1 cm³/mol. The van der Waals surface area contributed by atoms with Gasteiger partial charge < -0.3 is 0 Å². The van der Waals surface area contributed by atoms with Gasteiger partial charge in [-0.15, -0.1) is 11.3 Å². The number of pyridine rings is 1. The van der Waals surface area contributed by atoms with Gasteiger partial charge in [-0.2, -0.15) is 0 Å². The molecule has 0 bridgehead atoms. The maximum Gasteiger partial charge on any atom is 0.277 e. The summed E-state index contributed by atoms with van der Waals surface area (Å²) in [6, 6.07) is 3.52. The standard InChI is InChI=1S/C13H10ClN5OS/c14-10-2-1-9(4-18-10)17-3-8-6-19(13(20)12(8)15)11-5-16-7-21-11/h1-5,7,15,17H,6H2/p+1/b8-3-,15-12?. The Morgan fingerprint density at radius 3 is 2.95 bits per heavy atom. The van der Waals surface area contributed by atoms with Crippen molar-refractivity contribution >= 4 is 45.2 Å². The van der Waals surface area contributed by atoms with Crippen molar-refractivity contribution in [2.45, 2.75) is 0 Å². The summed E-state index contributed by atoms with van der Waals surface area (Å²) in [5.74, 6) is -0.298. The number of aromatic nitrogens is 2. The monoisotopic (exact) mass is 320 g/mol. The Balaban J connectivity index is 1.77. The molecule has 6 nitrogen and oxygen atoms in total. The highest BCUT2D eigenvalue weighted by molar-refractivity contribution is 7.14. The molecule has 1 fully saturated rings. The van der Waals surface area contributed by atoms with E-state index in [9.17, 15) is 4.79 Å². The molecule has 2 aromatic rings. The molecule has 0 radical (unpaired) electrons. The first kappa shape index (κ1) is 13.9. The van der Waals surface area contributed by atoms with Crippen LogP contribution in [0, 0.1) is 5.41 Å². The first-order valence-corrected chi connectivity index (χ1v) is 7.35. The molecule has 0 unspecified atom stereocenters. The third-order valence-electron chi connectivity index (χ3n) is 3.02. The molecular weight excluding hydrogens is 310 g/mol. The van der Waals surface area contributed by atoms with Crippen LogP contribution < -0.4 is 10.2 Å². The number of anilines is 1. The maximum atomic E-state index is 12.1. The number of thiazole rings is 1. The number of nitrogens with one attached hydrogen (secondary N) is 1. The average Bonchev–Trinajstić information content (AvgIpc) is 3.10. The van der Waals surface area contributed by atoms with Crippen LogP contribution in [-0.2, 0) is 4.79 Å². The zero-order chi connectivity index (χ0) is 14.8. The summed E-state index contributed by atoms with van der Waals surface area (Å²) in [5, 5.41) is 10.9. The molecule has 0 spiro atoms. The molecule has 1 saturated heterocycles. The second-order valence-electron chi connectivity index (χ2n) is 4.38. The number of hydrogen-bond acceptors (Lipinski definition) is 5. The average molecular weight is 321 g/mol. The molecule has 0 saturated carbocycles. The van der Waals surface area contributed by atoms with Gasteiger partial charge in [0, 0.05) is 6.07 Å². The molecule has 1 aliphatic rings. The van der Waals surface area contributed by atoms with E-state index < -0.39 is 0 Å². The Hall–Kier alpha value is -2.09. The van der Waals surface area contributed by atoms with Crippen LogP contribution in [0.5, 0.6) is 0 Å². The van der Waals surface area contributed by atoms with Gasteiger partial charge in [0.2, 0.25) is 0 Å². The lowest BCUT2D eigenvalue weighted by Crippen LogP contribution is -2.71. The molecule has 3 rings (SSSR count). The van der Waals surface area contributed by atoms with E-state index in [0.29, 0.717) is 17.3 Å². The fraction of sp³-hybridized carbons (Fsp3) is 0.0769. The second-order valence-corrected chi connectivity index (χ2v) is 5.63. The summed E-state index contributed by atoms with van der Waals surface area (Å²) in [4.78, 5) is 21.6. The first-order chi connectivity index (χ1) is 10.1. The van der Waals surface area contributed by atoms with E-state index in [1.807, 2.05) is 11.4 Å². The van der Waals surface area contributed by atoms with Crippen molar-refractivity contribution in [2.24, 2.45) is 0 Å². The summed E-state index contributed by atoms with van der Waals surface area (Å²) < 4.78 is 0. The fourth-order valence-electron chi connectivity index (χ4n) is 1.93. The van der Waals surface area contributed by atoms with Gasteiger partial charge in [0.25, 0.3) is 5.91 Å². The summed E-state index contributed by atoms with van der Waals surface area (Å²) in [6.45, 7) is 0.386. The number of nitrogens with two attached hydrogens (primary N) is 1. The lowest BCUT2D eigenvalue weighted by Gasteiger charge is -2.09. The molecule has 1 amide bonds. The lowest BCUT2D eigenvalue weighted by molar-refractivity contribution is -0.497. The largest absolute Gasteiger partial charge is 0.295 e. The van der Waals surface area contributed by atoms with Crippen LogP contribution >= 0.6 is 22.9 Å². The van der Waals surface area contributed by atoms with E-state index in [0.717, 1.165) is 10.7 Å². The smallest absolute Gasteiger partial charge is 0.277 e. The van der Waals surface area contributed by atoms with Crippen LogP contribution in [0.4, 0.5) is 10.7 Å². The number of carbonyl (C=O) groups is 1. The van der Waals surface area contributed by atoms with Crippen molar-refractivity contribution in [3.8, 4) is 0 Å². The topological polar surface area (TPSA) is 86.5 Å². The quantitative estimate of drug-likeness (QED) is 0.837. The van der Waals surface area contributed by atoms with Gasteiger partial charge in [-0.3, -0.25) is 25.4 Å². The maximum absolute atomic E-state index is 12.1. The van der Waals surface area contributed by atoms with Gasteiger partial charge in [-0.25, -0.2) is 4.98 Å². The third-order valence-corrected chi connectivity index (χ3v) is 4.04. The van der Waals surface area contributed by atoms with E-state index in [-0.39, 0.29) is 11.6 Å². The van der Waals surface area contributed by atoms with E-state index in [4.69, 9.17) is 17.0 Å². The molecule has 3 heterocycles. The summed E-state index contributed by atoms with van der Waals surface area (Å²) >= 11 is 7.11. The second kappa shape index (κ2) is 5.72. The number of amides is 1. The van der Waals surface area contributed by atoms with Crippen LogP contribution in [0.2, 0.25) is 5.15 Å². The zero-order valence-corrected chi connectivity index (χ0v) is 12.4. The van der Waals surface area contributed by atoms with Crippen molar-refractivity contribution in [3.05, 3.63) is 47.0 Å². The molecule has 2 aromatic heterocycles. The molecule has 0 aliphatic carbocycles. The summed E-state index contributed by atoms with van der Waals surface area (Å²) in [6.07, 6.45) is 5.04. The third kappa shape index (κ3) is 2.85. The molecule has 21 heavy (non-hydrogen) atoms. The van der Waals surface area contributed by atoms with Crippen molar-refractivity contribution in [1.82, 2.24) is 9.97 Å². The zero-order valence-electron chi connectivity index (χ0n) is 10.8. The highest BCUT2D eigenvalue weighted by atomic mass is 35.5. The Bertz CT molecular complexity index is 711. The molecule has 106 valence electrons. The number of nitrogens with zero attached hydrogens (tertiary/aromatic N) is 3. The van der Waals surface area contributed by atoms with Crippen molar-refractivity contribution < 1.29 is 10.1 Å². The highest BCUT2D eigenvalue weighted by Gasteiger charge is 2.33. The molecule has 1 aliphatic heterocycles. The molecular formula is C13H11ClN5OS+. The Labute approximate surface area is 129 Å². The summed E-state index contributed by atoms with van der Waals surface area (Å²) in [7, 11) is 0. The van der Waals surface area contributed by atoms with E-state index in [1.165, 1.54) is 11.3 Å². The van der Waals surface area contributed by atoms with Crippen LogP contribution in [-0.4, -0.2) is 28.1 Å². The Morgan fingerprint density at radius 2 is 2.29 bits per heavy atom. The Morgan fingerprint density at radius 1 is 1.43 bits per heavy atom. The van der Waals surface area contributed by atoms with E-state index >= 15 is 0 Å². The molecule has 0 atom stereocenters. The fourth-order valence-corrected chi connectivity index (χ4v) is 2.67. The first-order valence-electron chi connectivity index (χ1n) is 6.10. The van der Waals surface area contributed by atoms with Crippen molar-refractivity contribution in [2.75, 3.05) is 11.4 Å². The predicted octanol–water partition coefficient (Wildman–Crippen LogP) is 1.34. The molecule has 0 aromatic carbocycles. The van der Waals surface area contributed by atoms with Gasteiger partial charge in [-0.1, -0.05) is 11.6 Å². The van der Waals surface area contributed by atoms with Crippen LogP contribution in [0.1, 0.15) is 0 Å². The lowest BCUT2D eigenvalue weighted by atomic mass is 10.2.